The third kappa shape index (κ3) is 5.47. The maximum Gasteiger partial charge on any atom is 0.137 e. The number of aryl methyl sites for hydroxylation is 3. The largest absolute Gasteiger partial charge is 0.457 e. The molecule has 242 valence electrons. The number of hydrogen-bond acceptors (Lipinski definition) is 3. The molecule has 0 aliphatic heterocycles. The normalized spacial score (nSPS) is 12.0. The van der Waals surface area contributed by atoms with Crippen LogP contribution in [0.5, 0.6) is 11.5 Å². The Bertz CT molecular complexity index is 2330. The molecule has 0 spiro atoms. The zero-order valence-corrected chi connectivity index (χ0v) is 29.5. The van der Waals surface area contributed by atoms with E-state index in [0.717, 1.165) is 50.8 Å². The van der Waals surface area contributed by atoms with E-state index < -0.39 is 0 Å². The number of rotatable bonds is 6. The van der Waals surface area contributed by atoms with Gasteiger partial charge in [-0.3, -0.25) is 4.57 Å². The van der Waals surface area contributed by atoms with E-state index in [2.05, 4.69) is 144 Å². The molecule has 0 fully saturated rings. The Kier molecular flexibility index (Phi) is 7.74. The Labute approximate surface area is 283 Å². The van der Waals surface area contributed by atoms with Gasteiger partial charge in [-0.05, 0) is 109 Å². The number of benzene rings is 4. The molecular formula is C43H44N4O. The molecule has 48 heavy (non-hydrogen) atoms. The number of hydrogen-bond donors (Lipinski definition) is 0. The van der Waals surface area contributed by atoms with E-state index >= 15 is 0 Å². The summed E-state index contributed by atoms with van der Waals surface area (Å²) in [5.74, 6) is 2.88. The van der Waals surface area contributed by atoms with Crippen LogP contribution in [-0.2, 0) is 5.41 Å². The van der Waals surface area contributed by atoms with Crippen molar-refractivity contribution in [1.82, 2.24) is 19.3 Å². The first kappa shape index (κ1) is 31.4. The predicted octanol–water partition coefficient (Wildman–Crippen LogP) is 11.5. The molecule has 3 aromatic heterocycles. The van der Waals surface area contributed by atoms with Crippen molar-refractivity contribution in [2.45, 2.75) is 73.6 Å². The van der Waals surface area contributed by atoms with Crippen LogP contribution in [0.15, 0.2) is 97.2 Å². The number of fused-ring (bicyclic) bond motifs is 3. The van der Waals surface area contributed by atoms with Crippen molar-refractivity contribution in [3.05, 3.63) is 131 Å². The van der Waals surface area contributed by atoms with Crippen LogP contribution in [0.3, 0.4) is 0 Å². The first-order valence-corrected chi connectivity index (χ1v) is 16.9. The molecule has 4 aromatic carbocycles. The van der Waals surface area contributed by atoms with Gasteiger partial charge in [0.25, 0.3) is 0 Å². The van der Waals surface area contributed by atoms with Gasteiger partial charge in [0.1, 0.15) is 17.3 Å². The van der Waals surface area contributed by atoms with E-state index in [1.54, 1.807) is 0 Å². The molecule has 0 radical (unpaired) electrons. The Balaban J connectivity index is 1.29. The fourth-order valence-corrected chi connectivity index (χ4v) is 7.05. The minimum absolute atomic E-state index is 0.0120. The molecule has 0 amide bonds. The van der Waals surface area contributed by atoms with Gasteiger partial charge in [-0.15, -0.1) is 0 Å². The van der Waals surface area contributed by atoms with E-state index in [1.165, 1.54) is 38.8 Å². The van der Waals surface area contributed by atoms with Gasteiger partial charge in [-0.1, -0.05) is 71.0 Å². The highest BCUT2D eigenvalue weighted by Gasteiger charge is 2.26. The summed E-state index contributed by atoms with van der Waals surface area (Å²) in [7, 11) is 0. The van der Waals surface area contributed by atoms with E-state index in [9.17, 15) is 0 Å². The lowest BCUT2D eigenvalue weighted by atomic mass is 9.77. The summed E-state index contributed by atoms with van der Waals surface area (Å²) in [4.78, 5) is 4.73. The van der Waals surface area contributed by atoms with Crippen LogP contribution in [0.1, 0.15) is 74.2 Å². The molecule has 5 heteroatoms. The molecule has 7 aromatic rings. The fraction of sp³-hybridized carbons (Fsp3) is 0.256. The molecule has 0 aliphatic rings. The first-order valence-electron chi connectivity index (χ1n) is 16.9. The zero-order chi connectivity index (χ0) is 33.9. The Morgan fingerprint density at radius 1 is 0.708 bits per heavy atom. The molecule has 5 nitrogen and oxygen atoms in total. The fourth-order valence-electron chi connectivity index (χ4n) is 7.05. The topological polar surface area (TPSA) is 44.9 Å². The molecule has 0 N–H and O–H groups in total. The maximum atomic E-state index is 6.56. The summed E-state index contributed by atoms with van der Waals surface area (Å²) in [6.07, 6.45) is 1.87. The monoisotopic (exact) mass is 632 g/mol. The Morgan fingerprint density at radius 3 is 2.21 bits per heavy atom. The molecular weight excluding hydrogens is 589 g/mol. The summed E-state index contributed by atoms with van der Waals surface area (Å²) >= 11 is 0. The van der Waals surface area contributed by atoms with Crippen LogP contribution in [0.4, 0.5) is 0 Å². The molecule has 0 bridgehead atoms. The molecule has 3 heterocycles. The zero-order valence-electron chi connectivity index (χ0n) is 29.5. The number of aromatic nitrogens is 4. The maximum absolute atomic E-state index is 6.56. The molecule has 7 rings (SSSR count). The van der Waals surface area contributed by atoms with Gasteiger partial charge >= 0.3 is 0 Å². The van der Waals surface area contributed by atoms with E-state index in [-0.39, 0.29) is 5.41 Å². The average Bonchev–Trinajstić information content (AvgIpc) is 3.53. The Hall–Kier alpha value is -5.16. The van der Waals surface area contributed by atoms with E-state index in [4.69, 9.17) is 14.8 Å². The third-order valence-corrected chi connectivity index (χ3v) is 9.45. The van der Waals surface area contributed by atoms with Gasteiger partial charge in [0.05, 0.1) is 22.4 Å². The highest BCUT2D eigenvalue weighted by Crippen LogP contribution is 2.41. The van der Waals surface area contributed by atoms with E-state index in [0.29, 0.717) is 5.92 Å². The third-order valence-electron chi connectivity index (χ3n) is 9.45. The SMILES string of the molecule is Cc1ccnc(-n2c3ccccc3c3ccc(Oc4cccc(-n5nc(C)c(-c6c(C)cc(C(C)C)cc6C(C)(C)C)c5C)c4)cc32)c1. The summed E-state index contributed by atoms with van der Waals surface area (Å²) < 4.78 is 10.8. The second kappa shape index (κ2) is 11.8. The molecule has 0 aliphatic carbocycles. The molecule has 0 atom stereocenters. The predicted molar refractivity (Wildman–Crippen MR) is 199 cm³/mol. The number of nitrogens with zero attached hydrogens (tertiary/aromatic N) is 4. The minimum atomic E-state index is -0.0120. The highest BCUT2D eigenvalue weighted by atomic mass is 16.5. The first-order chi connectivity index (χ1) is 22.9. The summed E-state index contributed by atoms with van der Waals surface area (Å²) in [6.45, 7) is 20.1. The standard InChI is InChI=1S/C43H44N4O/c1-26(2)31-22-28(4)41(37(23-31)43(7,8)9)42-29(5)45-47(30(42)6)32-13-12-14-33(24-32)48-34-17-18-36-35-15-10-11-16-38(35)46(39(36)25-34)40-21-27(3)19-20-44-40/h10-26H,1-9H3. The van der Waals surface area contributed by atoms with Crippen LogP contribution in [0, 0.1) is 27.7 Å². The van der Waals surface area contributed by atoms with E-state index in [1.807, 2.05) is 24.4 Å². The lowest BCUT2D eigenvalue weighted by molar-refractivity contribution is 0.482. The van der Waals surface area contributed by atoms with Crippen molar-refractivity contribution in [3.8, 4) is 34.1 Å². The van der Waals surface area contributed by atoms with Crippen molar-refractivity contribution in [2.75, 3.05) is 0 Å². The average molecular weight is 633 g/mol. The van der Waals surface area contributed by atoms with Crippen LogP contribution in [0.2, 0.25) is 0 Å². The van der Waals surface area contributed by atoms with Gasteiger partial charge in [0, 0.05) is 40.4 Å². The highest BCUT2D eigenvalue weighted by molar-refractivity contribution is 6.09. The van der Waals surface area contributed by atoms with Crippen LogP contribution < -0.4 is 4.74 Å². The van der Waals surface area contributed by atoms with Crippen molar-refractivity contribution in [2.24, 2.45) is 0 Å². The van der Waals surface area contributed by atoms with Gasteiger partial charge < -0.3 is 4.74 Å². The quantitative estimate of drug-likeness (QED) is 0.183. The summed E-state index contributed by atoms with van der Waals surface area (Å²) in [5, 5.41) is 7.45. The Morgan fingerprint density at radius 2 is 1.46 bits per heavy atom. The van der Waals surface area contributed by atoms with Crippen LogP contribution >= 0.6 is 0 Å². The summed E-state index contributed by atoms with van der Waals surface area (Å²) in [5.41, 5.74) is 13.0. The summed E-state index contributed by atoms with van der Waals surface area (Å²) in [6, 6.07) is 31.9. The van der Waals surface area contributed by atoms with Crippen LogP contribution in [0.25, 0.3) is 44.4 Å². The van der Waals surface area contributed by atoms with Crippen LogP contribution in [-0.4, -0.2) is 19.3 Å². The van der Waals surface area contributed by atoms with Crippen molar-refractivity contribution in [3.63, 3.8) is 0 Å². The molecule has 0 saturated heterocycles. The second-order valence-corrected chi connectivity index (χ2v) is 14.4. The second-order valence-electron chi connectivity index (χ2n) is 14.4. The van der Waals surface area contributed by atoms with Crippen molar-refractivity contribution < 1.29 is 4.74 Å². The van der Waals surface area contributed by atoms with Gasteiger partial charge in [0.15, 0.2) is 0 Å². The lowest BCUT2D eigenvalue weighted by Crippen LogP contribution is -2.15. The van der Waals surface area contributed by atoms with Gasteiger partial charge in [-0.2, -0.15) is 5.10 Å². The van der Waals surface area contributed by atoms with Crippen molar-refractivity contribution in [1.29, 1.82) is 0 Å². The number of pyridine rings is 1. The number of ether oxygens (including phenoxy) is 1. The molecule has 0 unspecified atom stereocenters. The number of para-hydroxylation sites is 1. The smallest absolute Gasteiger partial charge is 0.137 e. The van der Waals surface area contributed by atoms with Gasteiger partial charge in [-0.25, -0.2) is 9.67 Å². The minimum Gasteiger partial charge on any atom is -0.457 e. The molecule has 0 saturated carbocycles. The lowest BCUT2D eigenvalue weighted by Gasteiger charge is -2.27. The van der Waals surface area contributed by atoms with Crippen molar-refractivity contribution >= 4 is 21.8 Å². The van der Waals surface area contributed by atoms with Gasteiger partial charge in [0.2, 0.25) is 0 Å².